The molecule has 2 aromatic heterocycles. The van der Waals surface area contributed by atoms with Gasteiger partial charge in [-0.3, -0.25) is 14.8 Å². The predicted octanol–water partition coefficient (Wildman–Crippen LogP) is 0.903. The van der Waals surface area contributed by atoms with Crippen molar-refractivity contribution in [2.75, 3.05) is 10.1 Å². The lowest BCUT2D eigenvalue weighted by atomic mass is 10.5. The Kier molecular flexibility index (Phi) is 3.85. The van der Waals surface area contributed by atoms with Crippen molar-refractivity contribution in [1.29, 1.82) is 0 Å². The Bertz CT molecular complexity index is 750. The summed E-state index contributed by atoms with van der Waals surface area (Å²) in [6, 6.07) is 0.927. The number of hydrogen-bond donors (Lipinski definition) is 3. The minimum atomic E-state index is -3.97. The molecule has 0 spiro atoms. The van der Waals surface area contributed by atoms with E-state index in [0.29, 0.717) is 16.3 Å². The number of nitrogens with zero attached hydrogens (tertiary/aromatic N) is 3. The normalized spacial score (nSPS) is 11.3. The Morgan fingerprint density at radius 2 is 2.10 bits per heavy atom. The molecule has 0 fully saturated rings. The average Bonchev–Trinajstić information content (AvgIpc) is 2.95. The highest BCUT2D eigenvalue weighted by atomic mass is 32.2. The van der Waals surface area contributed by atoms with Crippen molar-refractivity contribution in [3.8, 4) is 0 Å². The first-order chi connectivity index (χ1) is 9.33. The number of sulfonamides is 1. The third kappa shape index (κ3) is 2.84. The van der Waals surface area contributed by atoms with Gasteiger partial charge in [-0.05, 0) is 6.92 Å². The Balaban J connectivity index is 2.37. The van der Waals surface area contributed by atoms with Gasteiger partial charge in [-0.1, -0.05) is 22.7 Å². The third-order valence-electron chi connectivity index (χ3n) is 2.03. The summed E-state index contributed by atoms with van der Waals surface area (Å²) in [7, 11) is -3.97. The summed E-state index contributed by atoms with van der Waals surface area (Å²) in [6.07, 6.45) is 0. The first-order valence-electron chi connectivity index (χ1n) is 4.91. The molecule has 0 atom stereocenters. The molecule has 13 heteroatoms. The van der Waals surface area contributed by atoms with Crippen LogP contribution in [0.4, 0.5) is 15.8 Å². The second-order valence-corrected chi connectivity index (χ2v) is 7.56. The second-order valence-electron chi connectivity index (χ2n) is 3.41. The van der Waals surface area contributed by atoms with E-state index in [1.165, 1.54) is 0 Å². The zero-order valence-corrected chi connectivity index (χ0v) is 12.3. The molecule has 0 bridgehead atoms. The summed E-state index contributed by atoms with van der Waals surface area (Å²) >= 11 is 1.70. The standard InChI is InChI=1S/C7H8N6O4S3/c1-3-10-11-7(18-3)12-20(16,17)5-2-4(13(14)15)6(9-8)19-5/h2,9H,8H2,1H3,(H,11,12). The molecule has 0 saturated carbocycles. The number of nitro groups is 1. The molecule has 4 N–H and O–H groups in total. The first-order valence-corrected chi connectivity index (χ1v) is 8.03. The lowest BCUT2D eigenvalue weighted by Crippen LogP contribution is -2.11. The fraction of sp³-hybridized carbons (Fsp3) is 0.143. The molecular formula is C7H8N6O4S3. The number of nitrogens with two attached hydrogens (primary N) is 1. The summed E-state index contributed by atoms with van der Waals surface area (Å²) < 4.78 is 26.1. The van der Waals surface area contributed by atoms with Crippen molar-refractivity contribution in [3.63, 3.8) is 0 Å². The van der Waals surface area contributed by atoms with E-state index in [1.54, 1.807) is 6.92 Å². The molecule has 0 aliphatic heterocycles. The van der Waals surface area contributed by atoms with E-state index in [0.717, 1.165) is 17.4 Å². The van der Waals surface area contributed by atoms with Crippen LogP contribution < -0.4 is 16.0 Å². The molecule has 0 saturated heterocycles. The molecule has 0 unspecified atom stereocenters. The van der Waals surface area contributed by atoms with Crippen LogP contribution in [-0.2, 0) is 10.0 Å². The summed E-state index contributed by atoms with van der Waals surface area (Å²) in [5.74, 6) is 5.12. The Hall–Kier alpha value is -1.83. The van der Waals surface area contributed by atoms with Gasteiger partial charge in [0.05, 0.1) is 4.92 Å². The minimum Gasteiger partial charge on any atom is -0.310 e. The van der Waals surface area contributed by atoms with E-state index in [-0.39, 0.29) is 14.3 Å². The van der Waals surface area contributed by atoms with Crippen LogP contribution in [0.2, 0.25) is 0 Å². The summed E-state index contributed by atoms with van der Waals surface area (Å²) in [5.41, 5.74) is 1.69. The molecule has 108 valence electrons. The van der Waals surface area contributed by atoms with E-state index >= 15 is 0 Å². The van der Waals surface area contributed by atoms with Crippen molar-refractivity contribution in [2.45, 2.75) is 11.1 Å². The minimum absolute atomic E-state index is 0.0520. The fourth-order valence-electron chi connectivity index (χ4n) is 1.23. The maximum absolute atomic E-state index is 12.1. The SMILES string of the molecule is Cc1nnc(NS(=O)(=O)c2cc([N+](=O)[O-])c(NN)s2)s1. The molecular weight excluding hydrogens is 328 g/mol. The molecule has 2 aromatic rings. The van der Waals surface area contributed by atoms with E-state index in [2.05, 4.69) is 20.3 Å². The highest BCUT2D eigenvalue weighted by Crippen LogP contribution is 2.37. The number of aromatic nitrogens is 2. The molecule has 0 aromatic carbocycles. The smallest absolute Gasteiger partial charge is 0.306 e. The van der Waals surface area contributed by atoms with E-state index < -0.39 is 20.6 Å². The molecule has 0 amide bonds. The Labute approximate surface area is 120 Å². The Morgan fingerprint density at radius 3 is 2.55 bits per heavy atom. The van der Waals surface area contributed by atoms with Crippen LogP contribution in [0.25, 0.3) is 0 Å². The van der Waals surface area contributed by atoms with Crippen LogP contribution in [0.15, 0.2) is 10.3 Å². The van der Waals surface area contributed by atoms with Crippen LogP contribution in [0, 0.1) is 17.0 Å². The monoisotopic (exact) mass is 336 g/mol. The van der Waals surface area contributed by atoms with Gasteiger partial charge in [0, 0.05) is 6.07 Å². The molecule has 2 rings (SSSR count). The number of aryl methyl sites for hydroxylation is 1. The van der Waals surface area contributed by atoms with Gasteiger partial charge in [0.2, 0.25) is 5.13 Å². The number of anilines is 2. The second kappa shape index (κ2) is 5.28. The third-order valence-corrected chi connectivity index (χ3v) is 5.78. The van der Waals surface area contributed by atoms with Gasteiger partial charge in [0.15, 0.2) is 5.00 Å². The van der Waals surface area contributed by atoms with Crippen LogP contribution >= 0.6 is 22.7 Å². The molecule has 0 radical (unpaired) electrons. The predicted molar refractivity (Wildman–Crippen MR) is 74.2 cm³/mol. The summed E-state index contributed by atoms with van der Waals surface area (Å²) in [6.45, 7) is 1.67. The van der Waals surface area contributed by atoms with Gasteiger partial charge in [0.25, 0.3) is 10.0 Å². The summed E-state index contributed by atoms with van der Waals surface area (Å²) in [5, 5.41) is 18.7. The van der Waals surface area contributed by atoms with Crippen LogP contribution in [0.3, 0.4) is 0 Å². The van der Waals surface area contributed by atoms with Gasteiger partial charge < -0.3 is 5.43 Å². The van der Waals surface area contributed by atoms with E-state index in [9.17, 15) is 18.5 Å². The molecule has 10 nitrogen and oxygen atoms in total. The van der Waals surface area contributed by atoms with Gasteiger partial charge in [-0.15, -0.1) is 10.2 Å². The van der Waals surface area contributed by atoms with Crippen LogP contribution in [0.5, 0.6) is 0 Å². The van der Waals surface area contributed by atoms with Crippen molar-refractivity contribution in [1.82, 2.24) is 10.2 Å². The first kappa shape index (κ1) is 14.6. The fourth-order valence-corrected chi connectivity index (χ4v) is 4.29. The van der Waals surface area contributed by atoms with Crippen molar-refractivity contribution >= 4 is 48.5 Å². The number of nitrogen functional groups attached to an aromatic ring is 1. The molecule has 20 heavy (non-hydrogen) atoms. The zero-order valence-electron chi connectivity index (χ0n) is 9.85. The van der Waals surface area contributed by atoms with Gasteiger partial charge in [0.1, 0.15) is 9.22 Å². The summed E-state index contributed by atoms with van der Waals surface area (Å²) in [4.78, 5) is 10.0. The highest BCUT2D eigenvalue weighted by molar-refractivity contribution is 7.95. The number of nitrogens with one attached hydrogen (secondary N) is 2. The quantitative estimate of drug-likeness (QED) is 0.413. The van der Waals surface area contributed by atoms with Gasteiger partial charge >= 0.3 is 5.69 Å². The highest BCUT2D eigenvalue weighted by Gasteiger charge is 2.26. The molecule has 0 aliphatic rings. The number of hydrazine groups is 1. The Morgan fingerprint density at radius 1 is 1.40 bits per heavy atom. The number of hydrogen-bond acceptors (Lipinski definition) is 10. The number of thiophene rings is 1. The maximum Gasteiger partial charge on any atom is 0.306 e. The van der Waals surface area contributed by atoms with Gasteiger partial charge in [-0.2, -0.15) is 0 Å². The van der Waals surface area contributed by atoms with Crippen LogP contribution in [-0.4, -0.2) is 23.5 Å². The number of rotatable bonds is 5. The maximum atomic E-state index is 12.1. The topological polar surface area (TPSA) is 153 Å². The van der Waals surface area contributed by atoms with Gasteiger partial charge in [-0.25, -0.2) is 14.3 Å². The van der Waals surface area contributed by atoms with Crippen molar-refractivity contribution in [2.24, 2.45) is 5.84 Å². The average molecular weight is 336 g/mol. The van der Waals surface area contributed by atoms with E-state index in [1.807, 2.05) is 0 Å². The lowest BCUT2D eigenvalue weighted by molar-refractivity contribution is -0.383. The van der Waals surface area contributed by atoms with Crippen molar-refractivity contribution < 1.29 is 13.3 Å². The van der Waals surface area contributed by atoms with Crippen LogP contribution in [0.1, 0.15) is 5.01 Å². The zero-order chi connectivity index (χ0) is 14.9. The molecule has 0 aliphatic carbocycles. The largest absolute Gasteiger partial charge is 0.310 e. The lowest BCUT2D eigenvalue weighted by Gasteiger charge is -2.00. The molecule has 2 heterocycles. The van der Waals surface area contributed by atoms with Crippen molar-refractivity contribution in [3.05, 3.63) is 21.2 Å². The van der Waals surface area contributed by atoms with E-state index in [4.69, 9.17) is 5.84 Å².